The summed E-state index contributed by atoms with van der Waals surface area (Å²) in [4.78, 5) is 19.1. The van der Waals surface area contributed by atoms with Gasteiger partial charge in [-0.3, -0.25) is 0 Å². The van der Waals surface area contributed by atoms with Crippen molar-refractivity contribution >= 4 is 38.8 Å². The van der Waals surface area contributed by atoms with Crippen LogP contribution in [0.25, 0.3) is 0 Å². The Bertz CT molecular complexity index is 773. The fourth-order valence-corrected chi connectivity index (χ4v) is 3.97. The highest BCUT2D eigenvalue weighted by Crippen LogP contribution is 2.44. The number of carbonyl (C=O) groups is 1. The van der Waals surface area contributed by atoms with Crippen LogP contribution >= 0.6 is 27.7 Å². The number of amidine groups is 1. The molecule has 1 aromatic rings. The minimum atomic E-state index is -0.352. The zero-order valence-electron chi connectivity index (χ0n) is 13.6. The number of benzene rings is 1. The Morgan fingerprint density at radius 2 is 2.25 bits per heavy atom. The molecule has 0 aromatic heterocycles. The lowest BCUT2D eigenvalue weighted by Crippen LogP contribution is -2.34. The zero-order valence-corrected chi connectivity index (χ0v) is 16.0. The molecule has 1 aromatic carbocycles. The number of rotatable bonds is 4. The van der Waals surface area contributed by atoms with Gasteiger partial charge in [-0.1, -0.05) is 27.7 Å². The first-order chi connectivity index (χ1) is 11.6. The van der Waals surface area contributed by atoms with Crippen LogP contribution in [0.4, 0.5) is 0 Å². The van der Waals surface area contributed by atoms with Crippen molar-refractivity contribution in [1.29, 1.82) is 0 Å². The Morgan fingerprint density at radius 1 is 1.46 bits per heavy atom. The van der Waals surface area contributed by atoms with E-state index in [1.165, 1.54) is 11.8 Å². The summed E-state index contributed by atoms with van der Waals surface area (Å²) >= 11 is 5.04. The normalized spacial score (nSPS) is 19.2. The lowest BCUT2D eigenvalue weighted by molar-refractivity contribution is -0.139. The maximum absolute atomic E-state index is 12.6. The van der Waals surface area contributed by atoms with Crippen molar-refractivity contribution < 1.29 is 14.3 Å². The molecule has 2 heterocycles. The number of allylic oxidation sites excluding steroid dienone is 1. The van der Waals surface area contributed by atoms with Gasteiger partial charge in [0.2, 0.25) is 0 Å². The number of carbonyl (C=O) groups excluding carboxylic acids is 1. The molecule has 0 radical (unpaired) electrons. The van der Waals surface area contributed by atoms with Gasteiger partial charge in [-0.2, -0.15) is 0 Å². The van der Waals surface area contributed by atoms with E-state index in [1.54, 1.807) is 14.0 Å². The highest BCUT2D eigenvalue weighted by molar-refractivity contribution is 9.10. The molecular weight excluding hydrogens is 392 g/mol. The van der Waals surface area contributed by atoms with E-state index in [9.17, 15) is 4.79 Å². The Labute approximate surface area is 153 Å². The third-order valence-electron chi connectivity index (χ3n) is 3.80. The van der Waals surface area contributed by atoms with Gasteiger partial charge in [-0.05, 0) is 37.5 Å². The van der Waals surface area contributed by atoms with Gasteiger partial charge in [0.1, 0.15) is 5.75 Å². The molecule has 0 aliphatic carbocycles. The molecule has 0 saturated heterocycles. The second-order valence-electron chi connectivity index (χ2n) is 5.21. The van der Waals surface area contributed by atoms with E-state index in [-0.39, 0.29) is 12.0 Å². The van der Waals surface area contributed by atoms with Crippen LogP contribution < -0.4 is 4.74 Å². The van der Waals surface area contributed by atoms with E-state index < -0.39 is 0 Å². The van der Waals surface area contributed by atoms with E-state index in [4.69, 9.17) is 9.47 Å². The van der Waals surface area contributed by atoms with Crippen LogP contribution in [0.1, 0.15) is 25.5 Å². The van der Waals surface area contributed by atoms with E-state index in [0.29, 0.717) is 23.6 Å². The van der Waals surface area contributed by atoms with Crippen molar-refractivity contribution in [2.24, 2.45) is 4.99 Å². The summed E-state index contributed by atoms with van der Waals surface area (Å²) in [6.07, 6.45) is 1.93. The third kappa shape index (κ3) is 2.98. The number of methoxy groups -OCH3 is 1. The van der Waals surface area contributed by atoms with Gasteiger partial charge in [-0.15, -0.1) is 0 Å². The van der Waals surface area contributed by atoms with Crippen molar-refractivity contribution in [1.82, 2.24) is 4.90 Å². The first-order valence-electron chi connectivity index (χ1n) is 7.48. The van der Waals surface area contributed by atoms with Crippen LogP contribution in [0.3, 0.4) is 0 Å². The largest absolute Gasteiger partial charge is 0.496 e. The quantitative estimate of drug-likeness (QED) is 0.697. The molecule has 126 valence electrons. The number of thioether (sulfide) groups is 1. The van der Waals surface area contributed by atoms with Crippen LogP contribution in [0.15, 0.2) is 50.5 Å². The highest BCUT2D eigenvalue weighted by atomic mass is 79.9. The summed E-state index contributed by atoms with van der Waals surface area (Å²) < 4.78 is 11.7. The van der Waals surface area contributed by atoms with Gasteiger partial charge in [0, 0.05) is 16.2 Å². The smallest absolute Gasteiger partial charge is 0.338 e. The molecule has 1 atom stereocenters. The number of nitrogens with zero attached hydrogens (tertiary/aromatic N) is 2. The predicted octanol–water partition coefficient (Wildman–Crippen LogP) is 4.23. The minimum absolute atomic E-state index is 0.319. The number of hydrogen-bond acceptors (Lipinski definition) is 6. The van der Waals surface area contributed by atoms with Gasteiger partial charge in [0.25, 0.3) is 0 Å². The molecule has 5 nitrogen and oxygen atoms in total. The number of hydrogen-bond donors (Lipinski definition) is 0. The van der Waals surface area contributed by atoms with Crippen LogP contribution in [0, 0.1) is 0 Å². The van der Waals surface area contributed by atoms with Crippen LogP contribution in [0.2, 0.25) is 0 Å². The Hall–Kier alpha value is -1.73. The molecule has 0 bridgehead atoms. The SMILES string of the molecule is CCOC(=O)C1=C(C)N=C2SC=CN2[C@@H]1c1cc(Br)ccc1OC. The summed E-state index contributed by atoms with van der Waals surface area (Å²) in [6, 6.07) is 5.43. The highest BCUT2D eigenvalue weighted by Gasteiger charge is 2.38. The summed E-state index contributed by atoms with van der Waals surface area (Å²) in [5.74, 6) is 0.361. The molecule has 7 heteroatoms. The number of ether oxygens (including phenoxy) is 2. The average molecular weight is 409 g/mol. The van der Waals surface area contributed by atoms with Crippen LogP contribution in [0.5, 0.6) is 5.75 Å². The van der Waals surface area contributed by atoms with Gasteiger partial charge in [0.05, 0.1) is 31.0 Å². The minimum Gasteiger partial charge on any atom is -0.496 e. The maximum atomic E-state index is 12.6. The molecule has 0 amide bonds. The molecule has 0 unspecified atom stereocenters. The van der Waals surface area contributed by atoms with Crippen LogP contribution in [-0.4, -0.2) is 29.8 Å². The fourth-order valence-electron chi connectivity index (χ4n) is 2.80. The van der Waals surface area contributed by atoms with Gasteiger partial charge < -0.3 is 14.4 Å². The third-order valence-corrected chi connectivity index (χ3v) is 5.07. The molecule has 0 N–H and O–H groups in total. The first kappa shape index (κ1) is 17.1. The molecule has 2 aliphatic heterocycles. The van der Waals surface area contributed by atoms with E-state index in [2.05, 4.69) is 20.9 Å². The van der Waals surface area contributed by atoms with Gasteiger partial charge in [-0.25, -0.2) is 9.79 Å². The van der Waals surface area contributed by atoms with E-state index in [1.807, 2.05) is 41.6 Å². The maximum Gasteiger partial charge on any atom is 0.338 e. The zero-order chi connectivity index (χ0) is 17.3. The first-order valence-corrected chi connectivity index (χ1v) is 9.15. The molecule has 3 rings (SSSR count). The van der Waals surface area contributed by atoms with E-state index >= 15 is 0 Å². The average Bonchev–Trinajstić information content (AvgIpc) is 3.01. The van der Waals surface area contributed by atoms with Crippen molar-refractivity contribution in [2.45, 2.75) is 19.9 Å². The number of halogens is 1. The van der Waals surface area contributed by atoms with Crippen molar-refractivity contribution in [3.8, 4) is 5.75 Å². The molecule has 2 aliphatic rings. The molecule has 0 spiro atoms. The summed E-state index contributed by atoms with van der Waals surface area (Å²) in [7, 11) is 1.62. The summed E-state index contributed by atoms with van der Waals surface area (Å²) in [6.45, 7) is 3.96. The van der Waals surface area contributed by atoms with Crippen LogP contribution in [-0.2, 0) is 9.53 Å². The Kier molecular flexibility index (Phi) is 5.01. The van der Waals surface area contributed by atoms with Crippen molar-refractivity contribution in [3.05, 3.63) is 51.1 Å². The number of aliphatic imine (C=N–C) groups is 1. The molecule has 24 heavy (non-hydrogen) atoms. The number of esters is 1. The summed E-state index contributed by atoms with van der Waals surface area (Å²) in [5, 5.41) is 2.80. The molecule has 0 saturated carbocycles. The monoisotopic (exact) mass is 408 g/mol. The lowest BCUT2D eigenvalue weighted by Gasteiger charge is -2.34. The van der Waals surface area contributed by atoms with Gasteiger partial charge in [0.15, 0.2) is 5.17 Å². The Balaban J connectivity index is 2.18. The van der Waals surface area contributed by atoms with Crippen molar-refractivity contribution in [3.63, 3.8) is 0 Å². The second kappa shape index (κ2) is 7.03. The predicted molar refractivity (Wildman–Crippen MR) is 98.8 cm³/mol. The lowest BCUT2D eigenvalue weighted by atomic mass is 9.94. The fraction of sp³-hybridized carbons (Fsp3) is 0.294. The van der Waals surface area contributed by atoms with Gasteiger partial charge >= 0.3 is 5.97 Å². The topological polar surface area (TPSA) is 51.1 Å². The molecular formula is C17H17BrN2O3S. The second-order valence-corrected chi connectivity index (χ2v) is 7.00. The molecule has 0 fully saturated rings. The summed E-state index contributed by atoms with van der Waals surface area (Å²) in [5.41, 5.74) is 2.08. The van der Waals surface area contributed by atoms with E-state index in [0.717, 1.165) is 15.2 Å². The standard InChI is InChI=1S/C17H17BrN2O3S/c1-4-23-16(21)14-10(2)19-17-20(7-8-24-17)15(14)12-9-11(18)5-6-13(12)22-3/h5-9,15H,4H2,1-3H3/t15-/m1/s1. The number of fused-ring (bicyclic) bond motifs is 1. The Morgan fingerprint density at radius 3 is 2.96 bits per heavy atom. The van der Waals surface area contributed by atoms with Crippen molar-refractivity contribution in [2.75, 3.05) is 13.7 Å².